The summed E-state index contributed by atoms with van der Waals surface area (Å²) in [5, 5.41) is 0. The van der Waals surface area contributed by atoms with Crippen LogP contribution in [0.2, 0.25) is 0 Å². The average Bonchev–Trinajstić information content (AvgIpc) is 2.30. The molecule has 0 saturated heterocycles. The molecule has 4 nitrogen and oxygen atoms in total. The number of allylic oxidation sites excluding steroid dienone is 1. The van der Waals surface area contributed by atoms with Crippen LogP contribution in [0.5, 0.6) is 0 Å². The number of unbranched alkanes of at least 4 members (excludes halogenated alkanes) is 3. The maximum Gasteiger partial charge on any atom is 0.427 e. The molecule has 0 spiro atoms. The minimum Gasteiger partial charge on any atom is -0.463 e. The van der Waals surface area contributed by atoms with Gasteiger partial charge in [-0.25, -0.2) is 13.2 Å². The molecule has 0 aliphatic heterocycles. The van der Waals surface area contributed by atoms with Crippen LogP contribution in [0.3, 0.4) is 0 Å². The van der Waals surface area contributed by atoms with Gasteiger partial charge in [-0.2, -0.15) is 13.2 Å². The summed E-state index contributed by atoms with van der Waals surface area (Å²) in [6.45, 7) is 3.19. The minimum atomic E-state index is -5.10. The molecule has 0 atom stereocenters. The second-order valence-electron chi connectivity index (χ2n) is 4.14. The van der Waals surface area contributed by atoms with Gasteiger partial charge in [0.2, 0.25) is 0 Å². The number of hydrogen-bond donors (Lipinski definition) is 0. The van der Waals surface area contributed by atoms with Gasteiger partial charge in [0.1, 0.15) is 0 Å². The lowest BCUT2D eigenvalue weighted by Gasteiger charge is -2.12. The summed E-state index contributed by atoms with van der Waals surface area (Å²) in [5.74, 6) is -1.94. The Morgan fingerprint density at radius 2 is 1.75 bits per heavy atom. The van der Waals surface area contributed by atoms with Crippen molar-refractivity contribution in [2.45, 2.75) is 45.7 Å². The molecule has 0 unspecified atom stereocenters. The molecule has 0 aliphatic carbocycles. The Morgan fingerprint density at radius 1 is 1.15 bits per heavy atom. The molecule has 0 N–H and O–H groups in total. The van der Waals surface area contributed by atoms with Gasteiger partial charge in [-0.1, -0.05) is 26.2 Å². The molecular formula is C12H19F3O4S. The van der Waals surface area contributed by atoms with E-state index in [1.807, 2.05) is 6.92 Å². The second kappa shape index (κ2) is 8.28. The minimum absolute atomic E-state index is 0.0126. The lowest BCUT2D eigenvalue weighted by Crippen LogP contribution is -2.24. The number of esters is 1. The number of hydrogen-bond acceptors (Lipinski definition) is 4. The molecule has 8 heteroatoms. The fourth-order valence-electron chi connectivity index (χ4n) is 1.47. The Kier molecular flexibility index (Phi) is 7.85. The third-order valence-electron chi connectivity index (χ3n) is 2.42. The summed E-state index contributed by atoms with van der Waals surface area (Å²) in [6, 6.07) is 0. The summed E-state index contributed by atoms with van der Waals surface area (Å²) >= 11 is 0. The maximum atomic E-state index is 12.7. The molecule has 0 fully saturated rings. The molecule has 0 aromatic rings. The monoisotopic (exact) mass is 316 g/mol. The van der Waals surface area contributed by atoms with Crippen molar-refractivity contribution in [2.75, 3.05) is 12.4 Å². The molecule has 0 bridgehead atoms. The zero-order valence-corrected chi connectivity index (χ0v) is 12.3. The van der Waals surface area contributed by atoms with Crippen LogP contribution in [-0.4, -0.2) is 32.9 Å². The third kappa shape index (κ3) is 6.93. The summed E-state index contributed by atoms with van der Waals surface area (Å²) in [7, 11) is -4.54. The first-order chi connectivity index (χ1) is 9.15. The van der Waals surface area contributed by atoms with E-state index >= 15 is 0 Å². The highest BCUT2D eigenvalue weighted by atomic mass is 32.2. The van der Waals surface area contributed by atoms with Crippen molar-refractivity contribution < 1.29 is 31.1 Å². The van der Waals surface area contributed by atoms with Crippen molar-refractivity contribution >= 4 is 15.8 Å². The van der Waals surface area contributed by atoms with Crippen LogP contribution in [-0.2, 0) is 19.4 Å². The molecular weight excluding hydrogens is 297 g/mol. The van der Waals surface area contributed by atoms with Crippen LogP contribution in [0.25, 0.3) is 0 Å². The van der Waals surface area contributed by atoms with Crippen LogP contribution in [0.4, 0.5) is 13.2 Å². The quantitative estimate of drug-likeness (QED) is 0.392. The van der Waals surface area contributed by atoms with Gasteiger partial charge in [0, 0.05) is 6.08 Å². The fourth-order valence-corrected chi connectivity index (χ4v) is 2.90. The van der Waals surface area contributed by atoms with Crippen molar-refractivity contribution in [3.8, 4) is 0 Å². The largest absolute Gasteiger partial charge is 0.463 e. The van der Waals surface area contributed by atoms with E-state index in [1.54, 1.807) is 0 Å². The second-order valence-corrected chi connectivity index (χ2v) is 6.22. The SMILES string of the molecule is CCCCCCS(=O)(=O)/C(=C/C(=O)OCC)C(F)(F)F. The van der Waals surface area contributed by atoms with E-state index in [9.17, 15) is 26.4 Å². The first-order valence-electron chi connectivity index (χ1n) is 6.33. The van der Waals surface area contributed by atoms with Gasteiger partial charge in [-0.05, 0) is 13.3 Å². The average molecular weight is 316 g/mol. The van der Waals surface area contributed by atoms with E-state index in [4.69, 9.17) is 0 Å². The van der Waals surface area contributed by atoms with Gasteiger partial charge in [0.25, 0.3) is 0 Å². The summed E-state index contributed by atoms with van der Waals surface area (Å²) in [4.78, 5) is 9.23. The predicted molar refractivity (Wildman–Crippen MR) is 68.7 cm³/mol. The lowest BCUT2D eigenvalue weighted by molar-refractivity contribution is -0.138. The summed E-state index contributed by atoms with van der Waals surface area (Å²) < 4.78 is 65.9. The van der Waals surface area contributed by atoms with Crippen molar-refractivity contribution in [3.05, 3.63) is 11.0 Å². The van der Waals surface area contributed by atoms with Crippen LogP contribution in [0.15, 0.2) is 11.0 Å². The molecule has 0 aromatic carbocycles. The number of carbonyl (C=O) groups excluding carboxylic acids is 1. The van der Waals surface area contributed by atoms with Crippen LogP contribution < -0.4 is 0 Å². The molecule has 20 heavy (non-hydrogen) atoms. The zero-order chi connectivity index (χ0) is 15.8. The zero-order valence-electron chi connectivity index (χ0n) is 11.5. The molecule has 0 saturated carbocycles. The molecule has 0 aromatic heterocycles. The van der Waals surface area contributed by atoms with Crippen molar-refractivity contribution in [1.82, 2.24) is 0 Å². The number of carbonyl (C=O) groups is 1. The highest BCUT2D eigenvalue weighted by Gasteiger charge is 2.42. The first-order valence-corrected chi connectivity index (χ1v) is 7.98. The number of sulfone groups is 1. The smallest absolute Gasteiger partial charge is 0.427 e. The van der Waals surface area contributed by atoms with Gasteiger partial charge in [0.05, 0.1) is 12.4 Å². The van der Waals surface area contributed by atoms with Gasteiger partial charge >= 0.3 is 12.1 Å². The van der Waals surface area contributed by atoms with E-state index in [0.717, 1.165) is 12.8 Å². The number of rotatable bonds is 8. The Hall–Kier alpha value is -1.05. The van der Waals surface area contributed by atoms with Crippen LogP contribution in [0.1, 0.15) is 39.5 Å². The van der Waals surface area contributed by atoms with E-state index in [1.165, 1.54) is 6.92 Å². The van der Waals surface area contributed by atoms with E-state index in [-0.39, 0.29) is 19.1 Å². The number of halogens is 3. The van der Waals surface area contributed by atoms with E-state index in [2.05, 4.69) is 4.74 Å². The Balaban J connectivity index is 5.08. The van der Waals surface area contributed by atoms with Crippen molar-refractivity contribution in [3.63, 3.8) is 0 Å². The molecule has 0 rings (SSSR count). The van der Waals surface area contributed by atoms with Crippen molar-refractivity contribution in [2.24, 2.45) is 0 Å². The third-order valence-corrected chi connectivity index (χ3v) is 4.26. The fraction of sp³-hybridized carbons (Fsp3) is 0.750. The molecule has 0 amide bonds. The van der Waals surface area contributed by atoms with Gasteiger partial charge in [0.15, 0.2) is 14.7 Å². The van der Waals surface area contributed by atoms with E-state index < -0.39 is 32.6 Å². The van der Waals surface area contributed by atoms with E-state index in [0.29, 0.717) is 6.42 Å². The Morgan fingerprint density at radius 3 is 2.20 bits per heavy atom. The van der Waals surface area contributed by atoms with Gasteiger partial charge in [-0.15, -0.1) is 0 Å². The Bertz CT molecular complexity index is 438. The van der Waals surface area contributed by atoms with Crippen LogP contribution >= 0.6 is 0 Å². The summed E-state index contributed by atoms with van der Waals surface area (Å²) in [5.41, 5.74) is 0. The first kappa shape index (κ1) is 18.9. The van der Waals surface area contributed by atoms with Crippen LogP contribution in [0, 0.1) is 0 Å². The molecule has 0 aliphatic rings. The molecule has 118 valence electrons. The number of alkyl halides is 3. The topological polar surface area (TPSA) is 60.4 Å². The Labute approximate surface area is 116 Å². The molecule has 0 radical (unpaired) electrons. The maximum absolute atomic E-state index is 12.7. The predicted octanol–water partition coefficient (Wildman–Crippen LogP) is 2.99. The van der Waals surface area contributed by atoms with Gasteiger partial charge < -0.3 is 4.74 Å². The summed E-state index contributed by atoms with van der Waals surface area (Å²) in [6.07, 6.45) is -2.84. The molecule has 0 heterocycles. The van der Waals surface area contributed by atoms with Crippen molar-refractivity contribution in [1.29, 1.82) is 0 Å². The highest BCUT2D eigenvalue weighted by Crippen LogP contribution is 2.31. The highest BCUT2D eigenvalue weighted by molar-refractivity contribution is 7.95. The standard InChI is InChI=1S/C12H19F3O4S/c1-3-5-6-7-8-20(17,18)10(12(13,14)15)9-11(16)19-4-2/h9H,3-8H2,1-2H3/b10-9+. The normalized spacial score (nSPS) is 13.3. The van der Waals surface area contributed by atoms with Gasteiger partial charge in [-0.3, -0.25) is 0 Å². The lowest BCUT2D eigenvalue weighted by atomic mass is 10.2. The number of ether oxygens (including phenoxy) is 1.